The van der Waals surface area contributed by atoms with Crippen molar-refractivity contribution in [2.45, 2.75) is 132 Å². The second kappa shape index (κ2) is 19.0. The molecule has 5 rings (SSSR count). The smallest absolute Gasteiger partial charge is 0.217 e. The Morgan fingerprint density at radius 3 is 2.13 bits per heavy atom. The molecule has 260 valence electrons. The highest BCUT2D eigenvalue weighted by molar-refractivity contribution is 5.73. The van der Waals surface area contributed by atoms with E-state index < -0.39 is 11.6 Å². The van der Waals surface area contributed by atoms with Gasteiger partial charge in [0, 0.05) is 61.4 Å². The van der Waals surface area contributed by atoms with Gasteiger partial charge in [0.2, 0.25) is 12.3 Å². The minimum atomic E-state index is -0.503. The molecule has 2 amide bonds. The minimum Gasteiger partial charge on any atom is -0.364 e. The van der Waals surface area contributed by atoms with Gasteiger partial charge in [-0.15, -0.1) is 0 Å². The van der Waals surface area contributed by atoms with Crippen LogP contribution in [0, 0.1) is 25.5 Å². The molecule has 1 N–H and O–H groups in total. The monoisotopic (exact) mass is 646 g/mol. The van der Waals surface area contributed by atoms with Gasteiger partial charge in [0.1, 0.15) is 17.2 Å². The van der Waals surface area contributed by atoms with E-state index in [1.54, 1.807) is 6.07 Å². The average molecular weight is 647 g/mol. The molecule has 2 fully saturated rings. The van der Waals surface area contributed by atoms with Crippen LogP contribution < -0.4 is 5.32 Å². The molecular weight excluding hydrogens is 586 g/mol. The summed E-state index contributed by atoms with van der Waals surface area (Å²) >= 11 is 0. The number of carbonyl (C=O) groups excluding carboxylic acids is 2. The van der Waals surface area contributed by atoms with Crippen molar-refractivity contribution in [2.24, 2.45) is 0 Å². The van der Waals surface area contributed by atoms with Crippen LogP contribution in [-0.4, -0.2) is 64.9 Å². The van der Waals surface area contributed by atoms with Gasteiger partial charge < -0.3 is 15.0 Å². The summed E-state index contributed by atoms with van der Waals surface area (Å²) in [5.41, 5.74) is 5.15. The fraction of sp³-hybridized carbons (Fsp3) is 0.649. The Labute approximate surface area is 277 Å². The minimum absolute atomic E-state index is 0.0370. The Morgan fingerprint density at radius 1 is 1.07 bits per heavy atom. The molecule has 1 aromatic carbocycles. The van der Waals surface area contributed by atoms with Crippen molar-refractivity contribution in [1.82, 2.24) is 20.1 Å². The lowest BCUT2D eigenvalue weighted by Crippen LogP contribution is -2.42. The number of likely N-dealkylation sites (tertiary alicyclic amines) is 2. The first-order chi connectivity index (χ1) is 21.6. The Balaban J connectivity index is 0.000000353. The van der Waals surface area contributed by atoms with Crippen molar-refractivity contribution >= 4 is 12.3 Å². The first-order valence-electron chi connectivity index (χ1n) is 16.9. The SMILES string of the molecule is CC.CC.CC(=O)NC(C)C.CC(C)(C)N1CCC(c2ccc(F)cc2F)C1.Cc1cc2c(nc1C)C1(CCN(C=O)CC1)OC2. The number of aryl methyl sites for hydroxylation is 2. The van der Waals surface area contributed by atoms with Gasteiger partial charge in [-0.1, -0.05) is 39.8 Å². The molecule has 1 unspecified atom stereocenters. The van der Waals surface area contributed by atoms with Gasteiger partial charge in [-0.25, -0.2) is 8.78 Å². The predicted octanol–water partition coefficient (Wildman–Crippen LogP) is 7.81. The highest BCUT2D eigenvalue weighted by Gasteiger charge is 2.44. The number of benzene rings is 1. The molecule has 1 aromatic heterocycles. The third-order valence-corrected chi connectivity index (χ3v) is 8.27. The van der Waals surface area contributed by atoms with E-state index in [4.69, 9.17) is 9.72 Å². The number of pyridine rings is 1. The van der Waals surface area contributed by atoms with Crippen LogP contribution in [0.15, 0.2) is 24.3 Å². The Morgan fingerprint density at radius 2 is 1.67 bits per heavy atom. The molecule has 0 aliphatic carbocycles. The number of piperidine rings is 1. The number of ether oxygens (including phenoxy) is 1. The van der Waals surface area contributed by atoms with E-state index in [9.17, 15) is 18.4 Å². The molecule has 0 bridgehead atoms. The van der Waals surface area contributed by atoms with E-state index in [1.165, 1.54) is 24.1 Å². The van der Waals surface area contributed by atoms with Gasteiger partial charge in [-0.3, -0.25) is 19.5 Å². The maximum absolute atomic E-state index is 13.7. The number of rotatable bonds is 3. The molecular formula is C37H60F2N4O3. The van der Waals surface area contributed by atoms with Crippen molar-refractivity contribution in [3.63, 3.8) is 0 Å². The Kier molecular flexibility index (Phi) is 17.0. The number of carbonyl (C=O) groups is 2. The summed E-state index contributed by atoms with van der Waals surface area (Å²) < 4.78 is 32.6. The highest BCUT2D eigenvalue weighted by atomic mass is 19.1. The highest BCUT2D eigenvalue weighted by Crippen LogP contribution is 2.43. The lowest BCUT2D eigenvalue weighted by Gasteiger charge is -2.37. The van der Waals surface area contributed by atoms with Gasteiger partial charge in [-0.05, 0) is 91.5 Å². The van der Waals surface area contributed by atoms with Gasteiger partial charge in [0.25, 0.3) is 0 Å². The van der Waals surface area contributed by atoms with Crippen LogP contribution in [0.2, 0.25) is 0 Å². The second-order valence-corrected chi connectivity index (χ2v) is 12.9. The molecule has 2 saturated heterocycles. The van der Waals surface area contributed by atoms with Crippen molar-refractivity contribution in [2.75, 3.05) is 26.2 Å². The summed E-state index contributed by atoms with van der Waals surface area (Å²) in [7, 11) is 0. The van der Waals surface area contributed by atoms with Crippen LogP contribution in [0.4, 0.5) is 8.78 Å². The zero-order chi connectivity index (χ0) is 35.2. The summed E-state index contributed by atoms with van der Waals surface area (Å²) in [6.07, 6.45) is 3.58. The van der Waals surface area contributed by atoms with Crippen molar-refractivity contribution in [3.8, 4) is 0 Å². The fourth-order valence-electron chi connectivity index (χ4n) is 5.78. The number of fused-ring (bicyclic) bond motifs is 2. The number of amides is 2. The molecule has 0 saturated carbocycles. The third kappa shape index (κ3) is 11.7. The van der Waals surface area contributed by atoms with Crippen molar-refractivity contribution < 1.29 is 23.1 Å². The lowest BCUT2D eigenvalue weighted by atomic mass is 9.87. The lowest BCUT2D eigenvalue weighted by molar-refractivity contribution is -0.126. The second-order valence-electron chi connectivity index (χ2n) is 12.9. The van der Waals surface area contributed by atoms with Crippen LogP contribution in [0.3, 0.4) is 0 Å². The van der Waals surface area contributed by atoms with Crippen LogP contribution >= 0.6 is 0 Å². The van der Waals surface area contributed by atoms with Gasteiger partial charge in [0.15, 0.2) is 0 Å². The molecule has 2 aromatic rings. The topological polar surface area (TPSA) is 74.8 Å². The maximum Gasteiger partial charge on any atom is 0.217 e. The van der Waals surface area contributed by atoms with Crippen molar-refractivity contribution in [1.29, 1.82) is 0 Å². The van der Waals surface area contributed by atoms with E-state index in [0.29, 0.717) is 12.2 Å². The number of nitrogens with zero attached hydrogens (tertiary/aromatic N) is 3. The Hall–Kier alpha value is -2.91. The summed E-state index contributed by atoms with van der Waals surface area (Å²) in [6.45, 7) is 28.0. The van der Waals surface area contributed by atoms with E-state index in [0.717, 1.165) is 69.3 Å². The summed E-state index contributed by atoms with van der Waals surface area (Å²) in [4.78, 5) is 29.8. The fourth-order valence-corrected chi connectivity index (χ4v) is 5.78. The van der Waals surface area contributed by atoms with E-state index in [-0.39, 0.29) is 29.0 Å². The van der Waals surface area contributed by atoms with Gasteiger partial charge in [-0.2, -0.15) is 0 Å². The van der Waals surface area contributed by atoms with E-state index in [1.807, 2.05) is 53.4 Å². The summed E-state index contributed by atoms with van der Waals surface area (Å²) in [5, 5.41) is 2.67. The van der Waals surface area contributed by atoms with Crippen molar-refractivity contribution in [3.05, 3.63) is 64.0 Å². The normalized spacial score (nSPS) is 18.1. The standard InChI is InChI=1S/C14H19F2N.C14H18N2O2.C5H11NO.2C2H6/c1-14(2,3)17-7-6-10(9-17)12-5-4-11(15)8-13(12)16;1-10-7-12-8-18-14(13(12)15-11(10)2)3-5-16(9-17)6-4-14;1-4(2)6-5(3)7;2*1-2/h4-5,8,10H,6-7,9H2,1-3H3;7,9H,3-6,8H2,1-2H3;4H,1-3H3,(H,6,7);2*1-2H3. The first kappa shape index (κ1) is 41.1. The van der Waals surface area contributed by atoms with Crippen LogP contribution in [0.1, 0.15) is 122 Å². The number of hydrogen-bond donors (Lipinski definition) is 1. The molecule has 9 heteroatoms. The molecule has 46 heavy (non-hydrogen) atoms. The van der Waals surface area contributed by atoms with E-state index in [2.05, 4.69) is 44.0 Å². The first-order valence-corrected chi connectivity index (χ1v) is 16.9. The number of aromatic nitrogens is 1. The Bertz CT molecular complexity index is 1240. The maximum atomic E-state index is 13.7. The summed E-state index contributed by atoms with van der Waals surface area (Å²) in [5.74, 6) is -0.687. The summed E-state index contributed by atoms with van der Waals surface area (Å²) in [6, 6.07) is 6.38. The third-order valence-electron chi connectivity index (χ3n) is 8.27. The average Bonchev–Trinajstić information content (AvgIpc) is 3.62. The molecule has 1 spiro atoms. The van der Waals surface area contributed by atoms with Crippen LogP contribution in [-0.2, 0) is 26.5 Å². The van der Waals surface area contributed by atoms with Gasteiger partial charge in [0.05, 0.1) is 12.3 Å². The predicted molar refractivity (Wildman–Crippen MR) is 184 cm³/mol. The number of nitrogens with one attached hydrogen (secondary N) is 1. The zero-order valence-electron chi connectivity index (χ0n) is 30.5. The number of halogens is 2. The molecule has 3 aliphatic heterocycles. The molecule has 3 aliphatic rings. The van der Waals surface area contributed by atoms with Crippen LogP contribution in [0.5, 0.6) is 0 Å². The molecule has 7 nitrogen and oxygen atoms in total. The molecule has 4 heterocycles. The molecule has 0 radical (unpaired) electrons. The quantitative estimate of drug-likeness (QED) is 0.345. The van der Waals surface area contributed by atoms with Gasteiger partial charge >= 0.3 is 0 Å². The molecule has 1 atom stereocenters. The van der Waals surface area contributed by atoms with Crippen LogP contribution in [0.25, 0.3) is 0 Å². The number of hydrogen-bond acceptors (Lipinski definition) is 5. The zero-order valence-corrected chi connectivity index (χ0v) is 30.5. The largest absolute Gasteiger partial charge is 0.364 e. The van der Waals surface area contributed by atoms with E-state index >= 15 is 0 Å².